The van der Waals surface area contributed by atoms with Gasteiger partial charge < -0.3 is 0 Å². The Labute approximate surface area is 90.8 Å². The van der Waals surface area contributed by atoms with Crippen LogP contribution in [0, 0.1) is 6.92 Å². The van der Waals surface area contributed by atoms with Gasteiger partial charge in [0.2, 0.25) is 0 Å². The van der Waals surface area contributed by atoms with Crippen LogP contribution in [0.5, 0.6) is 0 Å². The Morgan fingerprint density at radius 2 is 2.13 bits per heavy atom. The van der Waals surface area contributed by atoms with Gasteiger partial charge in [0.15, 0.2) is 9.84 Å². The first kappa shape index (κ1) is 11.9. The van der Waals surface area contributed by atoms with E-state index in [9.17, 15) is 8.42 Å². The smallest absolute Gasteiger partial charge is 0.159 e. The molecule has 1 rings (SSSR count). The van der Waals surface area contributed by atoms with Crippen molar-refractivity contribution >= 4 is 9.84 Å². The highest BCUT2D eigenvalue weighted by Crippen LogP contribution is 2.05. The van der Waals surface area contributed by atoms with E-state index in [0.29, 0.717) is 5.69 Å². The maximum Gasteiger partial charge on any atom is 0.159 e. The van der Waals surface area contributed by atoms with Crippen LogP contribution in [-0.4, -0.2) is 19.2 Å². The van der Waals surface area contributed by atoms with Crippen molar-refractivity contribution in [1.29, 1.82) is 0 Å². The summed E-state index contributed by atoms with van der Waals surface area (Å²) in [7, 11) is -3.06. The molecule has 1 aromatic rings. The number of rotatable bonds is 4. The molecule has 1 aromatic heterocycles. The zero-order valence-corrected chi connectivity index (χ0v) is 9.79. The molecule has 0 saturated carbocycles. The number of hydrogen-bond acceptors (Lipinski definition) is 3. The van der Waals surface area contributed by atoms with Crippen LogP contribution in [0.4, 0.5) is 0 Å². The molecule has 0 aliphatic carbocycles. The Morgan fingerprint density at radius 1 is 1.40 bits per heavy atom. The lowest BCUT2D eigenvalue weighted by Gasteiger charge is -2.01. The minimum Gasteiger partial charge on any atom is -0.257 e. The summed E-state index contributed by atoms with van der Waals surface area (Å²) in [6.45, 7) is 3.66. The third-order valence-electron chi connectivity index (χ3n) is 1.90. The molecule has 0 aliphatic rings. The highest BCUT2D eigenvalue weighted by molar-refractivity contribution is 7.90. The SMILES string of the molecule is C/C=C/CS(=O)(=O)Cc1cccc(C)n1. The van der Waals surface area contributed by atoms with Crippen LogP contribution in [0.3, 0.4) is 0 Å². The van der Waals surface area contributed by atoms with Gasteiger partial charge in [-0.25, -0.2) is 8.42 Å². The summed E-state index contributed by atoms with van der Waals surface area (Å²) in [4.78, 5) is 4.16. The zero-order chi connectivity index (χ0) is 11.3. The second-order valence-corrected chi connectivity index (χ2v) is 5.50. The molecule has 0 bridgehead atoms. The first-order valence-electron chi connectivity index (χ1n) is 4.77. The number of pyridine rings is 1. The molecule has 0 fully saturated rings. The molecule has 0 unspecified atom stereocenters. The van der Waals surface area contributed by atoms with Gasteiger partial charge in [0.1, 0.15) is 0 Å². The maximum absolute atomic E-state index is 11.6. The molecule has 4 heteroatoms. The third kappa shape index (κ3) is 4.25. The van der Waals surface area contributed by atoms with E-state index in [1.54, 1.807) is 25.1 Å². The minimum absolute atomic E-state index is 0.0129. The summed E-state index contributed by atoms with van der Waals surface area (Å²) < 4.78 is 23.2. The van der Waals surface area contributed by atoms with E-state index in [1.165, 1.54) is 0 Å². The Balaban J connectivity index is 2.77. The van der Waals surface area contributed by atoms with E-state index < -0.39 is 9.84 Å². The van der Waals surface area contributed by atoms with Gasteiger partial charge in [-0.3, -0.25) is 4.98 Å². The fourth-order valence-corrected chi connectivity index (χ4v) is 2.42. The summed E-state index contributed by atoms with van der Waals surface area (Å²) >= 11 is 0. The molecule has 0 saturated heterocycles. The topological polar surface area (TPSA) is 47.0 Å². The van der Waals surface area contributed by atoms with Gasteiger partial charge >= 0.3 is 0 Å². The predicted molar refractivity (Wildman–Crippen MR) is 61.3 cm³/mol. The number of aryl methyl sites for hydroxylation is 1. The molecular formula is C11H15NO2S. The van der Waals surface area contributed by atoms with Crippen LogP contribution in [0.15, 0.2) is 30.4 Å². The first-order chi connectivity index (χ1) is 7.03. The molecule has 0 radical (unpaired) electrons. The molecular weight excluding hydrogens is 210 g/mol. The average Bonchev–Trinajstić information content (AvgIpc) is 2.14. The largest absolute Gasteiger partial charge is 0.257 e. The second kappa shape index (κ2) is 5.07. The lowest BCUT2D eigenvalue weighted by atomic mass is 10.3. The summed E-state index contributed by atoms with van der Waals surface area (Å²) in [6, 6.07) is 5.41. The Morgan fingerprint density at radius 3 is 2.73 bits per heavy atom. The molecule has 0 atom stereocenters. The van der Waals surface area contributed by atoms with Gasteiger partial charge in [0, 0.05) is 5.69 Å². The van der Waals surface area contributed by atoms with E-state index in [4.69, 9.17) is 0 Å². The molecule has 0 amide bonds. The fraction of sp³-hybridized carbons (Fsp3) is 0.364. The molecule has 0 aromatic carbocycles. The van der Waals surface area contributed by atoms with Crippen molar-refractivity contribution < 1.29 is 8.42 Å². The highest BCUT2D eigenvalue weighted by Gasteiger charge is 2.10. The van der Waals surface area contributed by atoms with E-state index in [0.717, 1.165) is 5.69 Å². The Hall–Kier alpha value is -1.16. The van der Waals surface area contributed by atoms with Crippen molar-refractivity contribution in [3.63, 3.8) is 0 Å². The quantitative estimate of drug-likeness (QED) is 0.735. The zero-order valence-electron chi connectivity index (χ0n) is 8.97. The third-order valence-corrected chi connectivity index (χ3v) is 3.34. The summed E-state index contributed by atoms with van der Waals surface area (Å²) in [5, 5.41) is 0. The monoisotopic (exact) mass is 225 g/mol. The van der Waals surface area contributed by atoms with Crippen LogP contribution in [0.2, 0.25) is 0 Å². The van der Waals surface area contributed by atoms with Crippen molar-refractivity contribution in [2.24, 2.45) is 0 Å². The summed E-state index contributed by atoms with van der Waals surface area (Å²) in [5.41, 5.74) is 1.45. The van der Waals surface area contributed by atoms with Crippen LogP contribution in [0.25, 0.3) is 0 Å². The number of sulfone groups is 1. The van der Waals surface area contributed by atoms with Crippen molar-refractivity contribution in [2.75, 3.05) is 5.75 Å². The molecule has 0 N–H and O–H groups in total. The average molecular weight is 225 g/mol. The number of nitrogens with zero attached hydrogens (tertiary/aromatic N) is 1. The van der Waals surface area contributed by atoms with Gasteiger partial charge in [-0.05, 0) is 26.0 Å². The van der Waals surface area contributed by atoms with Gasteiger partial charge in [-0.1, -0.05) is 18.2 Å². The minimum atomic E-state index is -3.06. The molecule has 1 heterocycles. The maximum atomic E-state index is 11.6. The van der Waals surface area contributed by atoms with Crippen LogP contribution < -0.4 is 0 Å². The van der Waals surface area contributed by atoms with E-state index in [2.05, 4.69) is 4.98 Å². The highest BCUT2D eigenvalue weighted by atomic mass is 32.2. The molecule has 3 nitrogen and oxygen atoms in total. The lowest BCUT2D eigenvalue weighted by molar-refractivity contribution is 0.597. The number of allylic oxidation sites excluding steroid dienone is 1. The predicted octanol–water partition coefficient (Wildman–Crippen LogP) is 1.88. The van der Waals surface area contributed by atoms with E-state index in [1.807, 2.05) is 19.1 Å². The second-order valence-electron chi connectivity index (χ2n) is 3.39. The summed E-state index contributed by atoms with van der Waals surface area (Å²) in [5.74, 6) is 0.0954. The standard InChI is InChI=1S/C11H15NO2S/c1-3-4-8-15(13,14)9-11-7-5-6-10(2)12-11/h3-7H,8-9H2,1-2H3/b4-3+. The van der Waals surface area contributed by atoms with Crippen molar-refractivity contribution in [1.82, 2.24) is 4.98 Å². The number of hydrogen-bond donors (Lipinski definition) is 0. The van der Waals surface area contributed by atoms with E-state index in [-0.39, 0.29) is 11.5 Å². The van der Waals surface area contributed by atoms with Crippen molar-refractivity contribution in [3.05, 3.63) is 41.7 Å². The van der Waals surface area contributed by atoms with Crippen molar-refractivity contribution in [2.45, 2.75) is 19.6 Å². The Kier molecular flexibility index (Phi) is 4.03. The molecule has 0 spiro atoms. The Bertz CT molecular complexity index is 449. The molecule has 15 heavy (non-hydrogen) atoms. The molecule has 82 valence electrons. The fourth-order valence-electron chi connectivity index (χ4n) is 1.21. The van der Waals surface area contributed by atoms with Gasteiger partial charge in [0.05, 0.1) is 17.2 Å². The van der Waals surface area contributed by atoms with Crippen LogP contribution in [0.1, 0.15) is 18.3 Å². The van der Waals surface area contributed by atoms with Gasteiger partial charge in [-0.2, -0.15) is 0 Å². The van der Waals surface area contributed by atoms with E-state index >= 15 is 0 Å². The van der Waals surface area contributed by atoms with Gasteiger partial charge in [-0.15, -0.1) is 0 Å². The summed E-state index contributed by atoms with van der Waals surface area (Å²) in [6.07, 6.45) is 3.38. The van der Waals surface area contributed by atoms with Crippen molar-refractivity contribution in [3.8, 4) is 0 Å². The normalized spacial score (nSPS) is 12.1. The first-order valence-corrected chi connectivity index (χ1v) is 6.60. The lowest BCUT2D eigenvalue weighted by Crippen LogP contribution is -2.08. The number of aromatic nitrogens is 1. The van der Waals surface area contributed by atoms with Gasteiger partial charge in [0.25, 0.3) is 0 Å². The molecule has 0 aliphatic heterocycles. The van der Waals surface area contributed by atoms with Crippen LogP contribution >= 0.6 is 0 Å². The van der Waals surface area contributed by atoms with Crippen LogP contribution in [-0.2, 0) is 15.6 Å².